The lowest BCUT2D eigenvalue weighted by Crippen LogP contribution is -2.60. The molecule has 0 saturated carbocycles. The summed E-state index contributed by atoms with van der Waals surface area (Å²) in [5.41, 5.74) is 3.25. The minimum atomic E-state index is -0.536. The van der Waals surface area contributed by atoms with Crippen LogP contribution in [0.4, 0.5) is 0 Å². The van der Waals surface area contributed by atoms with Gasteiger partial charge in [0.25, 0.3) is 0 Å². The minimum Gasteiger partial charge on any atom is -0.339 e. The smallest absolute Gasteiger partial charge is 0.245 e. The zero-order valence-corrected chi connectivity index (χ0v) is 18.9. The van der Waals surface area contributed by atoms with E-state index in [2.05, 4.69) is 28.3 Å². The van der Waals surface area contributed by atoms with Crippen LogP contribution in [0.5, 0.6) is 0 Å². The monoisotopic (exact) mass is 431 g/mol. The number of hydrogen-bond donors (Lipinski definition) is 0. The maximum absolute atomic E-state index is 13.3. The van der Waals surface area contributed by atoms with E-state index in [1.165, 1.54) is 0 Å². The molecule has 166 valence electrons. The zero-order chi connectivity index (χ0) is 22.7. The fourth-order valence-electron chi connectivity index (χ4n) is 4.38. The first-order valence-electron chi connectivity index (χ1n) is 11.1. The topological polar surface area (TPSA) is 71.3 Å². The molecule has 2 amide bonds. The number of aromatic nitrogens is 3. The number of aryl methyl sites for hydroxylation is 2. The Morgan fingerprint density at radius 2 is 1.75 bits per heavy atom. The van der Waals surface area contributed by atoms with Gasteiger partial charge in [0, 0.05) is 26.1 Å². The summed E-state index contributed by atoms with van der Waals surface area (Å²) >= 11 is 0. The summed E-state index contributed by atoms with van der Waals surface area (Å²) in [5.74, 6) is 1.22. The van der Waals surface area contributed by atoms with E-state index in [9.17, 15) is 9.59 Å². The van der Waals surface area contributed by atoms with E-state index in [4.69, 9.17) is 0 Å². The number of carbonyl (C=O) groups is 2. The van der Waals surface area contributed by atoms with Crippen molar-refractivity contribution < 1.29 is 9.59 Å². The van der Waals surface area contributed by atoms with E-state index >= 15 is 0 Å². The molecule has 32 heavy (non-hydrogen) atoms. The molecule has 0 spiro atoms. The van der Waals surface area contributed by atoms with Gasteiger partial charge in [-0.1, -0.05) is 54.6 Å². The van der Waals surface area contributed by atoms with Gasteiger partial charge in [0.05, 0.1) is 0 Å². The van der Waals surface area contributed by atoms with Crippen molar-refractivity contribution in [2.24, 2.45) is 0 Å². The van der Waals surface area contributed by atoms with Crippen molar-refractivity contribution in [1.82, 2.24) is 24.6 Å². The van der Waals surface area contributed by atoms with E-state index in [0.717, 1.165) is 16.7 Å². The van der Waals surface area contributed by atoms with Crippen molar-refractivity contribution in [2.75, 3.05) is 19.6 Å². The van der Waals surface area contributed by atoms with Crippen LogP contribution in [0.25, 0.3) is 11.1 Å². The molecule has 4 rings (SSSR count). The Bertz CT molecular complexity index is 1110. The van der Waals surface area contributed by atoms with E-state index in [0.29, 0.717) is 37.7 Å². The number of nitrogens with zero attached hydrogens (tertiary/aromatic N) is 5. The summed E-state index contributed by atoms with van der Waals surface area (Å²) in [5, 5.41) is 4.32. The molecule has 1 unspecified atom stereocenters. The molecule has 1 saturated heterocycles. The molecule has 0 N–H and O–H groups in total. The molecule has 1 atom stereocenters. The number of carbonyl (C=O) groups excluding carboxylic acids is 2. The Labute approximate surface area is 188 Å². The lowest BCUT2D eigenvalue weighted by Gasteiger charge is -2.40. The van der Waals surface area contributed by atoms with Crippen molar-refractivity contribution in [3.63, 3.8) is 0 Å². The molecule has 1 aliphatic heterocycles. The third-order valence-corrected chi connectivity index (χ3v) is 6.05. The van der Waals surface area contributed by atoms with E-state index in [1.807, 2.05) is 55.1 Å². The number of amides is 2. The molecule has 1 aliphatic rings. The van der Waals surface area contributed by atoms with Crippen LogP contribution >= 0.6 is 0 Å². The lowest BCUT2D eigenvalue weighted by atomic mass is 9.93. The highest BCUT2D eigenvalue weighted by atomic mass is 16.2. The lowest BCUT2D eigenvalue weighted by molar-refractivity contribution is -0.151. The number of rotatable bonds is 6. The maximum Gasteiger partial charge on any atom is 0.245 e. The van der Waals surface area contributed by atoms with Crippen LogP contribution in [0, 0.1) is 13.8 Å². The van der Waals surface area contributed by atoms with Gasteiger partial charge in [0.15, 0.2) is 0 Å². The number of benzene rings is 2. The molecule has 7 nitrogen and oxygen atoms in total. The van der Waals surface area contributed by atoms with Crippen molar-refractivity contribution in [3.05, 3.63) is 71.8 Å². The van der Waals surface area contributed by atoms with Crippen LogP contribution in [0.1, 0.15) is 24.1 Å². The van der Waals surface area contributed by atoms with Gasteiger partial charge in [-0.3, -0.25) is 9.59 Å². The molecule has 3 aromatic rings. The van der Waals surface area contributed by atoms with Crippen molar-refractivity contribution >= 4 is 11.8 Å². The molecule has 0 radical (unpaired) electrons. The second kappa shape index (κ2) is 9.34. The molecule has 1 aromatic heterocycles. The first kappa shape index (κ1) is 21.7. The summed E-state index contributed by atoms with van der Waals surface area (Å²) in [6, 6.07) is 17.7. The first-order valence-corrected chi connectivity index (χ1v) is 11.1. The molecular formula is C25H29N5O2. The Kier molecular flexibility index (Phi) is 6.35. The highest BCUT2D eigenvalue weighted by molar-refractivity contribution is 5.89. The second-order valence-corrected chi connectivity index (χ2v) is 8.11. The number of hydrogen-bond acceptors (Lipinski definition) is 4. The SMILES string of the molecule is CCN1CCN(C(=O)Cn2nc(C)nc2C)C(Cc2ccccc2-c2ccccc2)C1=O. The molecule has 0 aliphatic carbocycles. The fourth-order valence-corrected chi connectivity index (χ4v) is 4.38. The molecule has 1 fully saturated rings. The fraction of sp³-hybridized carbons (Fsp3) is 0.360. The van der Waals surface area contributed by atoms with Crippen LogP contribution in [0.2, 0.25) is 0 Å². The molecule has 0 bridgehead atoms. The number of piperazine rings is 1. The zero-order valence-electron chi connectivity index (χ0n) is 18.9. The largest absolute Gasteiger partial charge is 0.339 e. The van der Waals surface area contributed by atoms with Crippen LogP contribution in [0.3, 0.4) is 0 Å². The third kappa shape index (κ3) is 4.42. The van der Waals surface area contributed by atoms with Crippen molar-refractivity contribution in [2.45, 2.75) is 39.8 Å². The van der Waals surface area contributed by atoms with E-state index < -0.39 is 6.04 Å². The summed E-state index contributed by atoms with van der Waals surface area (Å²) in [4.78, 5) is 34.5. The van der Waals surface area contributed by atoms with Crippen LogP contribution in [-0.2, 0) is 22.6 Å². The van der Waals surface area contributed by atoms with Crippen LogP contribution < -0.4 is 0 Å². The average Bonchev–Trinajstić information content (AvgIpc) is 3.12. The van der Waals surface area contributed by atoms with Crippen molar-refractivity contribution in [1.29, 1.82) is 0 Å². The highest BCUT2D eigenvalue weighted by Gasteiger charge is 2.37. The second-order valence-electron chi connectivity index (χ2n) is 8.11. The minimum absolute atomic E-state index is 0.00135. The number of likely N-dealkylation sites (N-methyl/N-ethyl adjacent to an activating group) is 1. The van der Waals surface area contributed by atoms with Crippen LogP contribution in [-0.4, -0.2) is 62.1 Å². The standard InChI is InChI=1S/C25H29N5O2/c1-4-28-14-15-29(24(31)17-30-19(3)26-18(2)27-30)23(25(28)32)16-21-12-8-9-13-22(21)20-10-6-5-7-11-20/h5-13,23H,4,14-17H2,1-3H3. The van der Waals surface area contributed by atoms with Crippen LogP contribution in [0.15, 0.2) is 54.6 Å². The summed E-state index contributed by atoms with van der Waals surface area (Å²) in [7, 11) is 0. The van der Waals surface area contributed by atoms with Gasteiger partial charge in [-0.05, 0) is 37.5 Å². The Morgan fingerprint density at radius 1 is 1.03 bits per heavy atom. The predicted octanol–water partition coefficient (Wildman–Crippen LogP) is 2.86. The van der Waals surface area contributed by atoms with Crippen molar-refractivity contribution in [3.8, 4) is 11.1 Å². The average molecular weight is 432 g/mol. The van der Waals surface area contributed by atoms with Gasteiger partial charge >= 0.3 is 0 Å². The molecular weight excluding hydrogens is 402 g/mol. The predicted molar refractivity (Wildman–Crippen MR) is 123 cm³/mol. The van der Waals surface area contributed by atoms with Gasteiger partial charge in [-0.15, -0.1) is 0 Å². The highest BCUT2D eigenvalue weighted by Crippen LogP contribution is 2.27. The third-order valence-electron chi connectivity index (χ3n) is 6.05. The maximum atomic E-state index is 13.3. The summed E-state index contributed by atoms with van der Waals surface area (Å²) in [6.45, 7) is 7.41. The molecule has 7 heteroatoms. The first-order chi connectivity index (χ1) is 15.5. The van der Waals surface area contributed by atoms with Gasteiger partial charge in [-0.25, -0.2) is 9.67 Å². The van der Waals surface area contributed by atoms with E-state index in [1.54, 1.807) is 16.5 Å². The summed E-state index contributed by atoms with van der Waals surface area (Å²) in [6.07, 6.45) is 0.474. The van der Waals surface area contributed by atoms with Gasteiger partial charge < -0.3 is 9.80 Å². The summed E-state index contributed by atoms with van der Waals surface area (Å²) < 4.78 is 1.61. The molecule has 2 heterocycles. The Morgan fingerprint density at radius 3 is 2.44 bits per heavy atom. The normalized spacial score (nSPS) is 16.5. The van der Waals surface area contributed by atoms with E-state index in [-0.39, 0.29) is 18.4 Å². The van der Waals surface area contributed by atoms with Gasteiger partial charge in [0.2, 0.25) is 11.8 Å². The molecule has 2 aromatic carbocycles. The quantitative estimate of drug-likeness (QED) is 0.602. The van der Waals surface area contributed by atoms with Gasteiger partial charge in [-0.2, -0.15) is 5.10 Å². The Balaban J connectivity index is 1.64. The van der Waals surface area contributed by atoms with Gasteiger partial charge in [0.1, 0.15) is 24.2 Å². The Hall–Kier alpha value is -3.48.